The van der Waals surface area contributed by atoms with E-state index in [4.69, 9.17) is 9.84 Å². The van der Waals surface area contributed by atoms with Crippen molar-refractivity contribution in [2.75, 3.05) is 18.6 Å². The largest absolute Gasteiger partial charge is 0.497 e. The van der Waals surface area contributed by atoms with Gasteiger partial charge in [0.2, 0.25) is 0 Å². The minimum Gasteiger partial charge on any atom is -0.497 e. The van der Waals surface area contributed by atoms with Gasteiger partial charge in [-0.25, -0.2) is 4.39 Å². The summed E-state index contributed by atoms with van der Waals surface area (Å²) in [5, 5.41) is 8.91. The molecule has 0 unspecified atom stereocenters. The van der Waals surface area contributed by atoms with E-state index in [9.17, 15) is 9.18 Å². The zero-order valence-electron chi connectivity index (χ0n) is 12.3. The Balaban J connectivity index is 2.23. The zero-order valence-corrected chi connectivity index (χ0v) is 12.3. The molecule has 0 saturated heterocycles. The first kappa shape index (κ1) is 15.8. The lowest BCUT2D eigenvalue weighted by molar-refractivity contribution is -0.136. The van der Waals surface area contributed by atoms with E-state index >= 15 is 0 Å². The quantitative estimate of drug-likeness (QED) is 0.852. The van der Waals surface area contributed by atoms with Gasteiger partial charge in [-0.05, 0) is 29.8 Å². The standard InChI is InChI=1S/C17H18FNO3/c1-22-16-7-3-6-15(11-16)19(9-8-17(20)21)12-13-4-2-5-14(18)10-13/h2-7,10-11H,8-9,12H2,1H3,(H,20,21). The Morgan fingerprint density at radius 2 is 2.00 bits per heavy atom. The summed E-state index contributed by atoms with van der Waals surface area (Å²) in [6.45, 7) is 0.761. The molecule has 2 rings (SSSR count). The molecular formula is C17H18FNO3. The highest BCUT2D eigenvalue weighted by Crippen LogP contribution is 2.23. The molecule has 0 bridgehead atoms. The predicted molar refractivity (Wildman–Crippen MR) is 82.7 cm³/mol. The molecule has 5 heteroatoms. The Morgan fingerprint density at radius 3 is 2.68 bits per heavy atom. The summed E-state index contributed by atoms with van der Waals surface area (Å²) >= 11 is 0. The first-order valence-corrected chi connectivity index (χ1v) is 6.93. The van der Waals surface area contributed by atoms with E-state index in [1.807, 2.05) is 35.2 Å². The minimum absolute atomic E-state index is 0.00647. The lowest BCUT2D eigenvalue weighted by Gasteiger charge is -2.25. The smallest absolute Gasteiger partial charge is 0.305 e. The van der Waals surface area contributed by atoms with E-state index in [0.29, 0.717) is 18.8 Å². The summed E-state index contributed by atoms with van der Waals surface area (Å²) < 4.78 is 18.5. The second-order valence-electron chi connectivity index (χ2n) is 4.90. The van der Waals surface area contributed by atoms with E-state index in [-0.39, 0.29) is 12.2 Å². The molecule has 22 heavy (non-hydrogen) atoms. The molecule has 0 aromatic heterocycles. The lowest BCUT2D eigenvalue weighted by atomic mass is 10.1. The van der Waals surface area contributed by atoms with Crippen LogP contribution >= 0.6 is 0 Å². The first-order chi connectivity index (χ1) is 10.6. The maximum Gasteiger partial charge on any atom is 0.305 e. The third-order valence-electron chi connectivity index (χ3n) is 3.28. The molecular weight excluding hydrogens is 285 g/mol. The molecule has 0 radical (unpaired) electrons. The number of halogens is 1. The third kappa shape index (κ3) is 4.48. The number of benzene rings is 2. The molecule has 0 aliphatic heterocycles. The van der Waals surface area contributed by atoms with Crippen LogP contribution in [0.2, 0.25) is 0 Å². The van der Waals surface area contributed by atoms with Gasteiger partial charge in [-0.2, -0.15) is 0 Å². The number of carboxylic acids is 1. The molecule has 0 amide bonds. The normalized spacial score (nSPS) is 10.3. The highest BCUT2D eigenvalue weighted by Gasteiger charge is 2.11. The first-order valence-electron chi connectivity index (χ1n) is 6.93. The minimum atomic E-state index is -0.868. The van der Waals surface area contributed by atoms with Gasteiger partial charge >= 0.3 is 5.97 Å². The highest BCUT2D eigenvalue weighted by atomic mass is 19.1. The van der Waals surface area contributed by atoms with Gasteiger partial charge in [0.1, 0.15) is 11.6 Å². The second-order valence-corrected chi connectivity index (χ2v) is 4.90. The van der Waals surface area contributed by atoms with E-state index in [2.05, 4.69) is 0 Å². The molecule has 0 fully saturated rings. The number of rotatable bonds is 7. The van der Waals surface area contributed by atoms with Gasteiger partial charge in [-0.3, -0.25) is 4.79 Å². The number of carbonyl (C=O) groups is 1. The molecule has 4 nitrogen and oxygen atoms in total. The zero-order chi connectivity index (χ0) is 15.9. The molecule has 2 aromatic rings. The van der Waals surface area contributed by atoms with Crippen molar-refractivity contribution >= 4 is 11.7 Å². The Labute approximate surface area is 128 Å². The van der Waals surface area contributed by atoms with Crippen LogP contribution in [0.25, 0.3) is 0 Å². The Morgan fingerprint density at radius 1 is 1.23 bits per heavy atom. The summed E-state index contributed by atoms with van der Waals surface area (Å²) in [5.41, 5.74) is 1.62. The predicted octanol–water partition coefficient (Wildman–Crippen LogP) is 3.32. The van der Waals surface area contributed by atoms with Gasteiger partial charge in [0, 0.05) is 24.8 Å². The lowest BCUT2D eigenvalue weighted by Crippen LogP contribution is -2.25. The van der Waals surface area contributed by atoms with Crippen LogP contribution in [0.3, 0.4) is 0 Å². The summed E-state index contributed by atoms with van der Waals surface area (Å²) in [7, 11) is 1.58. The van der Waals surface area contributed by atoms with Crippen LogP contribution in [0.5, 0.6) is 5.75 Å². The number of hydrogen-bond acceptors (Lipinski definition) is 3. The van der Waals surface area contributed by atoms with Crippen molar-refractivity contribution in [1.82, 2.24) is 0 Å². The topological polar surface area (TPSA) is 49.8 Å². The molecule has 116 valence electrons. The van der Waals surface area contributed by atoms with Gasteiger partial charge in [0.15, 0.2) is 0 Å². The fourth-order valence-electron chi connectivity index (χ4n) is 2.19. The van der Waals surface area contributed by atoms with Gasteiger partial charge in [0.05, 0.1) is 13.5 Å². The molecule has 0 aliphatic rings. The monoisotopic (exact) mass is 303 g/mol. The van der Waals surface area contributed by atoms with Crippen LogP contribution in [0.1, 0.15) is 12.0 Å². The van der Waals surface area contributed by atoms with E-state index in [1.54, 1.807) is 13.2 Å². The Bertz CT molecular complexity index is 645. The summed E-state index contributed by atoms with van der Waals surface area (Å²) in [6, 6.07) is 13.7. The van der Waals surface area contributed by atoms with E-state index < -0.39 is 5.97 Å². The summed E-state index contributed by atoms with van der Waals surface area (Å²) in [4.78, 5) is 12.7. The molecule has 0 atom stereocenters. The average Bonchev–Trinajstić information content (AvgIpc) is 2.51. The van der Waals surface area contributed by atoms with Gasteiger partial charge in [-0.15, -0.1) is 0 Å². The van der Waals surface area contributed by atoms with Crippen LogP contribution in [-0.2, 0) is 11.3 Å². The fourth-order valence-corrected chi connectivity index (χ4v) is 2.19. The van der Waals surface area contributed by atoms with Crippen LogP contribution in [-0.4, -0.2) is 24.7 Å². The number of ether oxygens (including phenoxy) is 1. The molecule has 0 aliphatic carbocycles. The molecule has 1 N–H and O–H groups in total. The maximum absolute atomic E-state index is 13.3. The molecule has 0 saturated carbocycles. The van der Waals surface area contributed by atoms with Crippen molar-refractivity contribution in [2.45, 2.75) is 13.0 Å². The number of aliphatic carboxylic acids is 1. The SMILES string of the molecule is COc1cccc(N(CCC(=O)O)Cc2cccc(F)c2)c1. The van der Waals surface area contributed by atoms with Crippen molar-refractivity contribution in [1.29, 1.82) is 0 Å². The summed E-state index contributed by atoms with van der Waals surface area (Å²) in [5.74, 6) is -0.481. The van der Waals surface area contributed by atoms with Crippen LogP contribution in [0, 0.1) is 5.82 Å². The van der Waals surface area contributed by atoms with Gasteiger partial charge < -0.3 is 14.7 Å². The van der Waals surface area contributed by atoms with Crippen LogP contribution < -0.4 is 9.64 Å². The van der Waals surface area contributed by atoms with Crippen LogP contribution in [0.15, 0.2) is 48.5 Å². The van der Waals surface area contributed by atoms with Crippen molar-refractivity contribution in [2.24, 2.45) is 0 Å². The molecule has 0 heterocycles. The number of hydrogen-bond donors (Lipinski definition) is 1. The summed E-state index contributed by atoms with van der Waals surface area (Å²) in [6.07, 6.45) is 0.00647. The fraction of sp³-hybridized carbons (Fsp3) is 0.235. The number of anilines is 1. The van der Waals surface area contributed by atoms with E-state index in [1.165, 1.54) is 12.1 Å². The number of carboxylic acid groups (broad SMARTS) is 1. The Kier molecular flexibility index (Phi) is 5.36. The third-order valence-corrected chi connectivity index (χ3v) is 3.28. The maximum atomic E-state index is 13.3. The number of nitrogens with zero attached hydrogens (tertiary/aromatic N) is 1. The van der Waals surface area contributed by atoms with Crippen molar-refractivity contribution in [3.8, 4) is 5.75 Å². The number of methoxy groups -OCH3 is 1. The van der Waals surface area contributed by atoms with Crippen molar-refractivity contribution < 1.29 is 19.0 Å². The Hall–Kier alpha value is -2.56. The van der Waals surface area contributed by atoms with Crippen LogP contribution in [0.4, 0.5) is 10.1 Å². The van der Waals surface area contributed by atoms with Crippen molar-refractivity contribution in [3.05, 3.63) is 59.9 Å². The highest BCUT2D eigenvalue weighted by molar-refractivity contribution is 5.67. The molecule has 0 spiro atoms. The van der Waals surface area contributed by atoms with Crippen molar-refractivity contribution in [3.63, 3.8) is 0 Å². The molecule has 2 aromatic carbocycles. The van der Waals surface area contributed by atoms with E-state index in [0.717, 1.165) is 11.3 Å². The average molecular weight is 303 g/mol. The van der Waals surface area contributed by atoms with Gasteiger partial charge in [0.25, 0.3) is 0 Å². The second kappa shape index (κ2) is 7.45. The van der Waals surface area contributed by atoms with Gasteiger partial charge in [-0.1, -0.05) is 18.2 Å².